The van der Waals surface area contributed by atoms with Gasteiger partial charge in [0.2, 0.25) is 0 Å². The summed E-state index contributed by atoms with van der Waals surface area (Å²) in [4.78, 5) is 0. The van der Waals surface area contributed by atoms with Crippen molar-refractivity contribution in [3.8, 4) is 5.75 Å². The largest absolute Gasteiger partial charge is 0.493 e. The topological polar surface area (TPSA) is 9.23 Å². The van der Waals surface area contributed by atoms with Crippen molar-refractivity contribution in [3.63, 3.8) is 0 Å². The Labute approximate surface area is 114 Å². The van der Waals surface area contributed by atoms with E-state index < -0.39 is 11.6 Å². The molecular weight excluding hydrogens is 246 g/mol. The summed E-state index contributed by atoms with van der Waals surface area (Å²) in [5.41, 5.74) is 0. The summed E-state index contributed by atoms with van der Waals surface area (Å²) in [5.74, 6) is 0.443. The van der Waals surface area contributed by atoms with Crippen LogP contribution in [0.1, 0.15) is 45.4 Å². The van der Waals surface area contributed by atoms with E-state index in [1.807, 2.05) is 0 Å². The number of hydrogen-bond acceptors (Lipinski definition) is 1. The average Bonchev–Trinajstić information content (AvgIpc) is 2.41. The molecule has 3 heteroatoms. The van der Waals surface area contributed by atoms with Crippen LogP contribution in [-0.2, 0) is 0 Å². The van der Waals surface area contributed by atoms with Crippen LogP contribution >= 0.6 is 0 Å². The first-order valence-corrected chi connectivity index (χ1v) is 7.23. The van der Waals surface area contributed by atoms with E-state index in [9.17, 15) is 8.78 Å². The van der Waals surface area contributed by atoms with Gasteiger partial charge in [0.1, 0.15) is 5.75 Å². The molecule has 0 amide bonds. The maximum Gasteiger partial charge on any atom is 0.162 e. The van der Waals surface area contributed by atoms with Crippen molar-refractivity contribution < 1.29 is 13.5 Å². The lowest BCUT2D eigenvalue weighted by molar-refractivity contribution is 0.244. The maximum absolute atomic E-state index is 13.0. The van der Waals surface area contributed by atoms with Crippen molar-refractivity contribution in [1.82, 2.24) is 0 Å². The summed E-state index contributed by atoms with van der Waals surface area (Å²) in [5, 5.41) is 0. The van der Waals surface area contributed by atoms with E-state index in [0.717, 1.165) is 30.4 Å². The van der Waals surface area contributed by atoms with Gasteiger partial charge in [-0.05, 0) is 36.8 Å². The van der Waals surface area contributed by atoms with Crippen molar-refractivity contribution in [2.45, 2.75) is 45.4 Å². The van der Waals surface area contributed by atoms with Gasteiger partial charge in [-0.25, -0.2) is 8.78 Å². The van der Waals surface area contributed by atoms with Gasteiger partial charge in [0, 0.05) is 6.07 Å². The second-order valence-corrected chi connectivity index (χ2v) is 5.69. The average molecular weight is 268 g/mol. The van der Waals surface area contributed by atoms with Gasteiger partial charge in [0.05, 0.1) is 6.61 Å². The van der Waals surface area contributed by atoms with Crippen LogP contribution in [0.4, 0.5) is 8.78 Å². The second kappa shape index (κ2) is 6.88. The van der Waals surface area contributed by atoms with Crippen LogP contribution in [0.3, 0.4) is 0 Å². The van der Waals surface area contributed by atoms with Crippen molar-refractivity contribution >= 4 is 0 Å². The normalized spacial score (nSPS) is 23.3. The summed E-state index contributed by atoms with van der Waals surface area (Å²) in [6, 6.07) is 3.69. The van der Waals surface area contributed by atoms with Gasteiger partial charge in [-0.2, -0.15) is 0 Å². The molecular formula is C16H22F2O. The van der Waals surface area contributed by atoms with Crippen LogP contribution in [-0.4, -0.2) is 6.61 Å². The molecule has 106 valence electrons. The summed E-state index contributed by atoms with van der Waals surface area (Å²) in [6.07, 6.45) is 7.50. The molecule has 0 radical (unpaired) electrons. The molecule has 0 aromatic heterocycles. The van der Waals surface area contributed by atoms with Crippen LogP contribution in [0.15, 0.2) is 18.2 Å². The molecule has 1 aliphatic carbocycles. The molecule has 0 saturated heterocycles. The third kappa shape index (κ3) is 4.48. The molecule has 0 N–H and O–H groups in total. The number of hydrogen-bond donors (Lipinski definition) is 0. The minimum absolute atomic E-state index is 0.413. The van der Waals surface area contributed by atoms with Gasteiger partial charge in [0.25, 0.3) is 0 Å². The van der Waals surface area contributed by atoms with Gasteiger partial charge in [-0.3, -0.25) is 0 Å². The van der Waals surface area contributed by atoms with E-state index in [-0.39, 0.29) is 0 Å². The van der Waals surface area contributed by atoms with Gasteiger partial charge in [-0.15, -0.1) is 0 Å². The lowest BCUT2D eigenvalue weighted by atomic mass is 9.81. The zero-order valence-corrected chi connectivity index (χ0v) is 11.5. The van der Waals surface area contributed by atoms with Crippen molar-refractivity contribution in [3.05, 3.63) is 29.8 Å². The number of rotatable bonds is 5. The zero-order valence-electron chi connectivity index (χ0n) is 11.5. The Morgan fingerprint density at radius 1 is 1.11 bits per heavy atom. The maximum atomic E-state index is 13.0. The van der Waals surface area contributed by atoms with Gasteiger partial charge >= 0.3 is 0 Å². The Morgan fingerprint density at radius 2 is 1.84 bits per heavy atom. The smallest absolute Gasteiger partial charge is 0.162 e. The molecule has 0 unspecified atom stereocenters. The highest BCUT2D eigenvalue weighted by molar-refractivity contribution is 5.23. The highest BCUT2D eigenvalue weighted by atomic mass is 19.2. The Morgan fingerprint density at radius 3 is 2.53 bits per heavy atom. The highest BCUT2D eigenvalue weighted by Crippen LogP contribution is 2.31. The van der Waals surface area contributed by atoms with Crippen molar-refractivity contribution in [2.24, 2.45) is 11.8 Å². The number of halogens is 2. The first-order valence-electron chi connectivity index (χ1n) is 7.23. The molecule has 0 aliphatic heterocycles. The van der Waals surface area contributed by atoms with Gasteiger partial charge in [0.15, 0.2) is 11.6 Å². The second-order valence-electron chi connectivity index (χ2n) is 5.69. The molecule has 0 spiro atoms. The molecule has 1 nitrogen and oxygen atoms in total. The van der Waals surface area contributed by atoms with Crippen molar-refractivity contribution in [2.75, 3.05) is 6.61 Å². The Kier molecular flexibility index (Phi) is 5.17. The van der Waals surface area contributed by atoms with Crippen molar-refractivity contribution in [1.29, 1.82) is 0 Å². The molecule has 19 heavy (non-hydrogen) atoms. The Balaban J connectivity index is 1.65. The lowest BCUT2D eigenvalue weighted by Crippen LogP contribution is -2.13. The molecule has 1 fully saturated rings. The van der Waals surface area contributed by atoms with Gasteiger partial charge in [-0.1, -0.05) is 32.6 Å². The predicted octanol–water partition coefficient (Wildman–Crippen LogP) is 4.95. The number of ether oxygens (including phenoxy) is 1. The molecule has 0 bridgehead atoms. The van der Waals surface area contributed by atoms with Crippen LogP contribution in [0.25, 0.3) is 0 Å². The number of benzene rings is 1. The van der Waals surface area contributed by atoms with E-state index in [1.54, 1.807) is 0 Å². The lowest BCUT2D eigenvalue weighted by Gasteiger charge is -2.25. The zero-order chi connectivity index (χ0) is 13.7. The van der Waals surface area contributed by atoms with E-state index in [2.05, 4.69) is 6.92 Å². The van der Waals surface area contributed by atoms with E-state index in [4.69, 9.17) is 4.74 Å². The molecule has 1 aromatic rings. The van der Waals surface area contributed by atoms with E-state index >= 15 is 0 Å². The summed E-state index contributed by atoms with van der Waals surface area (Å²) in [7, 11) is 0. The molecule has 0 atom stereocenters. The highest BCUT2D eigenvalue weighted by Gasteiger charge is 2.17. The fraction of sp³-hybridized carbons (Fsp3) is 0.625. The fourth-order valence-electron chi connectivity index (χ4n) is 2.75. The summed E-state index contributed by atoms with van der Waals surface area (Å²) < 4.78 is 31.1. The molecule has 1 saturated carbocycles. The minimum atomic E-state index is -0.848. The monoisotopic (exact) mass is 268 g/mol. The van der Waals surface area contributed by atoms with E-state index in [1.165, 1.54) is 38.2 Å². The van der Waals surface area contributed by atoms with Crippen LogP contribution in [0.5, 0.6) is 5.75 Å². The molecule has 2 rings (SSSR count). The third-order valence-electron chi connectivity index (χ3n) is 4.05. The molecule has 1 aliphatic rings. The summed E-state index contributed by atoms with van der Waals surface area (Å²) in [6.45, 7) is 2.90. The summed E-state index contributed by atoms with van der Waals surface area (Å²) >= 11 is 0. The molecule has 1 aromatic carbocycles. The third-order valence-corrected chi connectivity index (χ3v) is 4.05. The van der Waals surface area contributed by atoms with Gasteiger partial charge < -0.3 is 4.74 Å². The minimum Gasteiger partial charge on any atom is -0.493 e. The predicted molar refractivity (Wildman–Crippen MR) is 72.2 cm³/mol. The van der Waals surface area contributed by atoms with Crippen LogP contribution in [0.2, 0.25) is 0 Å². The molecule has 0 heterocycles. The van der Waals surface area contributed by atoms with E-state index in [0.29, 0.717) is 12.4 Å². The first kappa shape index (κ1) is 14.3. The van der Waals surface area contributed by atoms with Crippen LogP contribution in [0, 0.1) is 23.5 Å². The quantitative estimate of drug-likeness (QED) is 0.686. The van der Waals surface area contributed by atoms with Crippen LogP contribution < -0.4 is 4.74 Å². The fourth-order valence-corrected chi connectivity index (χ4v) is 2.75. The standard InChI is InChI=1S/C16H22F2O/c1-12-4-6-13(7-5-12)3-2-10-19-14-8-9-15(17)16(18)11-14/h8-9,11-13H,2-7,10H2,1H3/t12-,13-. The Hall–Kier alpha value is -1.12. The Bertz CT molecular complexity index is 398. The SMILES string of the molecule is C[C@H]1CC[C@H](CCCOc2ccc(F)c(F)c2)CC1. The first-order chi connectivity index (χ1) is 9.15.